The number of allylic oxidation sites excluding steroid dienone is 2. The highest BCUT2D eigenvalue weighted by Crippen LogP contribution is 2.50. The SMILES string of the molecule is CC1=C2[C@@H](CC/C(=C/c3ccc(O)cc3)c3ccccc3)OC[C@@H]2[C@@H]2C(=O)N(C3CCN(Cc4ccccc4)CC3)C(=O)[C@@H]2C1. The number of likely N-dealkylation sites (tertiary alicyclic amines) is 2. The summed E-state index contributed by atoms with van der Waals surface area (Å²) in [4.78, 5) is 32.0. The number of piperidine rings is 1. The lowest BCUT2D eigenvalue weighted by atomic mass is 9.70. The van der Waals surface area contributed by atoms with Gasteiger partial charge in [-0.2, -0.15) is 0 Å². The van der Waals surface area contributed by atoms with Gasteiger partial charge in [0.05, 0.1) is 24.5 Å². The molecule has 3 heterocycles. The van der Waals surface area contributed by atoms with Crippen molar-refractivity contribution in [3.05, 3.63) is 113 Å². The Labute approximate surface area is 266 Å². The van der Waals surface area contributed by atoms with E-state index in [4.69, 9.17) is 4.74 Å². The molecule has 3 saturated heterocycles. The standard InChI is InChI=1S/C39H42N2O4/c1-26-22-33-37(39(44)41(38(33)43)31-18-20-40(21-19-31)24-28-8-4-2-5-9-28)34-25-45-35(36(26)34)17-14-30(29-10-6-3-7-11-29)23-27-12-15-32(42)16-13-27/h2-13,15-16,23,31,33-35,37,42H,14,17-22,24-25H2,1H3/b30-23-/t33-,34+,35-,37-/m1/s1. The number of carbonyl (C=O) groups is 2. The smallest absolute Gasteiger partial charge is 0.234 e. The van der Waals surface area contributed by atoms with Crippen LogP contribution in [0.2, 0.25) is 0 Å². The number of hydrogen-bond acceptors (Lipinski definition) is 5. The molecule has 0 saturated carbocycles. The summed E-state index contributed by atoms with van der Waals surface area (Å²) in [5.74, 6) is -0.257. The van der Waals surface area contributed by atoms with E-state index in [1.54, 1.807) is 17.0 Å². The molecule has 0 aromatic heterocycles. The largest absolute Gasteiger partial charge is 0.508 e. The van der Waals surface area contributed by atoms with Gasteiger partial charge in [-0.05, 0) is 79.0 Å². The maximum absolute atomic E-state index is 14.0. The number of phenols is 1. The van der Waals surface area contributed by atoms with E-state index in [-0.39, 0.29) is 47.5 Å². The van der Waals surface area contributed by atoms with Crippen molar-refractivity contribution >= 4 is 23.5 Å². The molecular weight excluding hydrogens is 560 g/mol. The molecule has 45 heavy (non-hydrogen) atoms. The molecule has 4 aliphatic rings. The number of amides is 2. The first-order chi connectivity index (χ1) is 22.0. The van der Waals surface area contributed by atoms with Gasteiger partial charge in [0.1, 0.15) is 5.75 Å². The summed E-state index contributed by atoms with van der Waals surface area (Å²) in [5, 5.41) is 9.75. The molecule has 3 aromatic rings. The topological polar surface area (TPSA) is 70.1 Å². The maximum atomic E-state index is 14.0. The van der Waals surface area contributed by atoms with Gasteiger partial charge >= 0.3 is 0 Å². The van der Waals surface area contributed by atoms with Gasteiger partial charge in [-0.25, -0.2) is 0 Å². The predicted octanol–water partition coefficient (Wildman–Crippen LogP) is 6.71. The molecule has 1 aliphatic carbocycles. The van der Waals surface area contributed by atoms with Crippen LogP contribution in [-0.4, -0.2) is 58.6 Å². The molecule has 4 atom stereocenters. The zero-order valence-corrected chi connectivity index (χ0v) is 26.0. The van der Waals surface area contributed by atoms with Gasteiger partial charge < -0.3 is 9.84 Å². The van der Waals surface area contributed by atoms with Gasteiger partial charge in [-0.3, -0.25) is 19.4 Å². The van der Waals surface area contributed by atoms with Crippen molar-refractivity contribution in [2.45, 2.75) is 57.7 Å². The van der Waals surface area contributed by atoms with Crippen molar-refractivity contribution in [2.24, 2.45) is 17.8 Å². The van der Waals surface area contributed by atoms with Crippen molar-refractivity contribution in [1.82, 2.24) is 9.80 Å². The summed E-state index contributed by atoms with van der Waals surface area (Å²) in [6, 6.07) is 28.1. The molecule has 0 bridgehead atoms. The Bertz CT molecular complexity index is 1590. The first-order valence-corrected chi connectivity index (χ1v) is 16.5. The normalized spacial score (nSPS) is 26.0. The van der Waals surface area contributed by atoms with Gasteiger partial charge in [0.25, 0.3) is 0 Å². The lowest BCUT2D eigenvalue weighted by Gasteiger charge is -2.36. The summed E-state index contributed by atoms with van der Waals surface area (Å²) in [7, 11) is 0. The Hall–Kier alpha value is -4.00. The highest BCUT2D eigenvalue weighted by Gasteiger charge is 2.57. The Morgan fingerprint density at radius 1 is 0.889 bits per heavy atom. The number of imide groups is 1. The lowest BCUT2D eigenvalue weighted by molar-refractivity contribution is -0.144. The van der Waals surface area contributed by atoms with Gasteiger partial charge in [-0.15, -0.1) is 0 Å². The number of ether oxygens (including phenoxy) is 1. The van der Waals surface area contributed by atoms with E-state index in [9.17, 15) is 14.7 Å². The Morgan fingerprint density at radius 3 is 2.29 bits per heavy atom. The minimum Gasteiger partial charge on any atom is -0.508 e. The number of carbonyl (C=O) groups excluding carboxylic acids is 2. The Morgan fingerprint density at radius 2 is 1.58 bits per heavy atom. The van der Waals surface area contributed by atoms with E-state index < -0.39 is 0 Å². The third kappa shape index (κ3) is 6.01. The minimum atomic E-state index is -0.301. The summed E-state index contributed by atoms with van der Waals surface area (Å²) in [5.41, 5.74) is 7.19. The fraction of sp³-hybridized carbons (Fsp3) is 0.385. The monoisotopic (exact) mass is 602 g/mol. The third-order valence-corrected chi connectivity index (χ3v) is 10.4. The van der Waals surface area contributed by atoms with Crippen LogP contribution in [0.3, 0.4) is 0 Å². The predicted molar refractivity (Wildman–Crippen MR) is 176 cm³/mol. The molecule has 232 valence electrons. The molecule has 2 amide bonds. The van der Waals surface area contributed by atoms with Gasteiger partial charge in [0, 0.05) is 31.6 Å². The molecule has 7 rings (SSSR count). The van der Waals surface area contributed by atoms with Crippen molar-refractivity contribution in [2.75, 3.05) is 19.7 Å². The van der Waals surface area contributed by atoms with Crippen LogP contribution < -0.4 is 0 Å². The molecule has 0 spiro atoms. The van der Waals surface area contributed by atoms with E-state index in [2.05, 4.69) is 66.4 Å². The summed E-state index contributed by atoms with van der Waals surface area (Å²) in [6.07, 6.45) is 6.07. The van der Waals surface area contributed by atoms with E-state index in [0.29, 0.717) is 13.0 Å². The first kappa shape index (κ1) is 29.7. The number of fused-ring (bicyclic) bond motifs is 3. The van der Waals surface area contributed by atoms with Crippen LogP contribution in [0.15, 0.2) is 96.1 Å². The van der Waals surface area contributed by atoms with Crippen molar-refractivity contribution in [3.8, 4) is 5.75 Å². The maximum Gasteiger partial charge on any atom is 0.234 e. The molecular formula is C39H42N2O4. The highest BCUT2D eigenvalue weighted by atomic mass is 16.5. The van der Waals surface area contributed by atoms with Crippen molar-refractivity contribution < 1.29 is 19.4 Å². The van der Waals surface area contributed by atoms with Crippen LogP contribution in [0.25, 0.3) is 11.6 Å². The number of hydrogen-bond donors (Lipinski definition) is 1. The van der Waals surface area contributed by atoms with Crippen LogP contribution in [0.5, 0.6) is 5.75 Å². The molecule has 1 N–H and O–H groups in total. The summed E-state index contributed by atoms with van der Waals surface area (Å²) < 4.78 is 6.46. The van der Waals surface area contributed by atoms with E-state index in [1.807, 2.05) is 24.3 Å². The molecule has 3 fully saturated rings. The second kappa shape index (κ2) is 12.8. The fourth-order valence-electron chi connectivity index (χ4n) is 8.20. The minimum absolute atomic E-state index is 0.0111. The number of aromatic hydroxyl groups is 1. The zero-order valence-electron chi connectivity index (χ0n) is 26.0. The van der Waals surface area contributed by atoms with Gasteiger partial charge in [-0.1, -0.05) is 84.4 Å². The molecule has 0 unspecified atom stereocenters. The van der Waals surface area contributed by atoms with E-state index in [1.165, 1.54) is 22.3 Å². The van der Waals surface area contributed by atoms with Gasteiger partial charge in [0.2, 0.25) is 11.8 Å². The van der Waals surface area contributed by atoms with Crippen LogP contribution in [-0.2, 0) is 20.9 Å². The van der Waals surface area contributed by atoms with Crippen molar-refractivity contribution in [1.29, 1.82) is 0 Å². The quantitative estimate of drug-likeness (QED) is 0.176. The highest BCUT2D eigenvalue weighted by molar-refractivity contribution is 6.06. The Kier molecular flexibility index (Phi) is 8.43. The second-order valence-electron chi connectivity index (χ2n) is 13.2. The molecule has 6 heteroatoms. The zero-order chi connectivity index (χ0) is 30.9. The number of rotatable bonds is 8. The molecule has 6 nitrogen and oxygen atoms in total. The van der Waals surface area contributed by atoms with Gasteiger partial charge in [0.15, 0.2) is 0 Å². The average Bonchev–Trinajstić information content (AvgIpc) is 3.60. The summed E-state index contributed by atoms with van der Waals surface area (Å²) in [6.45, 7) is 5.34. The number of phenolic OH excluding ortho intramolecular Hbond substituents is 1. The van der Waals surface area contributed by atoms with E-state index >= 15 is 0 Å². The number of benzene rings is 3. The van der Waals surface area contributed by atoms with Crippen LogP contribution >= 0.6 is 0 Å². The molecule has 3 aliphatic heterocycles. The molecule has 0 radical (unpaired) electrons. The van der Waals surface area contributed by atoms with E-state index in [0.717, 1.165) is 56.4 Å². The van der Waals surface area contributed by atoms with Crippen molar-refractivity contribution in [3.63, 3.8) is 0 Å². The third-order valence-electron chi connectivity index (χ3n) is 10.4. The van der Waals surface area contributed by atoms with Crippen LogP contribution in [0.4, 0.5) is 0 Å². The first-order valence-electron chi connectivity index (χ1n) is 16.5. The second-order valence-corrected chi connectivity index (χ2v) is 13.2. The average molecular weight is 603 g/mol. The Balaban J connectivity index is 1.03. The fourth-order valence-corrected chi connectivity index (χ4v) is 8.20. The lowest BCUT2D eigenvalue weighted by Crippen LogP contribution is -2.47. The molecule has 3 aromatic carbocycles. The number of nitrogens with zero attached hydrogens (tertiary/aromatic N) is 2. The summed E-state index contributed by atoms with van der Waals surface area (Å²) >= 11 is 0. The van der Waals surface area contributed by atoms with Crippen LogP contribution in [0, 0.1) is 17.8 Å². The van der Waals surface area contributed by atoms with Crippen LogP contribution in [0.1, 0.15) is 55.7 Å².